The largest absolute Gasteiger partial charge is 0.490 e. The first-order chi connectivity index (χ1) is 18.7. The predicted molar refractivity (Wildman–Crippen MR) is 149 cm³/mol. The Bertz CT molecular complexity index is 1330. The van der Waals surface area contributed by atoms with Crippen molar-refractivity contribution >= 4 is 25.7 Å². The number of fused-ring (bicyclic) bond motifs is 2. The van der Waals surface area contributed by atoms with Gasteiger partial charge in [-0.1, -0.05) is 30.3 Å². The van der Waals surface area contributed by atoms with Gasteiger partial charge in [-0.2, -0.15) is 0 Å². The van der Waals surface area contributed by atoms with Gasteiger partial charge in [0.05, 0.1) is 17.5 Å². The smallest absolute Gasteiger partial charge is 0.247 e. The van der Waals surface area contributed by atoms with Gasteiger partial charge in [0.15, 0.2) is 0 Å². The molecule has 1 unspecified atom stereocenters. The summed E-state index contributed by atoms with van der Waals surface area (Å²) in [6.07, 6.45) is 3.31. The fourth-order valence-corrected chi connectivity index (χ4v) is 8.03. The SMILES string of the molecule is CO[C@H]1c2cc(N3C(=O)CCc4ccccc43)ccc2O[C@@H](C(CCn2cc(CCO)nn2)[Si](C)(C)F)[C@@H]1C. The minimum absolute atomic E-state index is 0.0110. The van der Waals surface area contributed by atoms with E-state index in [0.29, 0.717) is 37.3 Å². The van der Waals surface area contributed by atoms with Crippen molar-refractivity contribution < 1.29 is 23.5 Å². The second-order valence-corrected chi connectivity index (χ2v) is 15.0. The lowest BCUT2D eigenvalue weighted by Gasteiger charge is -2.43. The van der Waals surface area contributed by atoms with Crippen molar-refractivity contribution in [3.8, 4) is 5.75 Å². The van der Waals surface area contributed by atoms with Crippen LogP contribution in [0.15, 0.2) is 48.7 Å². The molecule has 0 saturated heterocycles. The number of benzene rings is 2. The molecule has 0 radical (unpaired) electrons. The number of hydrogen-bond donors (Lipinski definition) is 1. The van der Waals surface area contributed by atoms with Crippen LogP contribution >= 0.6 is 0 Å². The summed E-state index contributed by atoms with van der Waals surface area (Å²) < 4.78 is 30.1. The van der Waals surface area contributed by atoms with Gasteiger partial charge in [-0.25, -0.2) is 0 Å². The van der Waals surface area contributed by atoms with Gasteiger partial charge in [0, 0.05) is 62.0 Å². The number of aliphatic hydroxyl groups is 1. The highest BCUT2D eigenvalue weighted by atomic mass is 28.4. The zero-order valence-corrected chi connectivity index (χ0v) is 24.0. The first kappa shape index (κ1) is 27.5. The van der Waals surface area contributed by atoms with Gasteiger partial charge in [-0.05, 0) is 55.8 Å². The van der Waals surface area contributed by atoms with Crippen LogP contribution in [0.2, 0.25) is 18.6 Å². The molecule has 10 heteroatoms. The average Bonchev–Trinajstić information content (AvgIpc) is 3.35. The number of hydrogen-bond acceptors (Lipinski definition) is 6. The molecule has 3 heterocycles. The highest BCUT2D eigenvalue weighted by Gasteiger charge is 2.47. The summed E-state index contributed by atoms with van der Waals surface area (Å²) in [6.45, 7) is 6.03. The number of aryl methyl sites for hydroxylation is 2. The summed E-state index contributed by atoms with van der Waals surface area (Å²) in [7, 11) is -1.49. The van der Waals surface area contributed by atoms with Crippen molar-refractivity contribution in [1.29, 1.82) is 0 Å². The molecule has 0 fully saturated rings. The fourth-order valence-electron chi connectivity index (χ4n) is 6.06. The lowest BCUT2D eigenvalue weighted by molar-refractivity contribution is -0.118. The minimum Gasteiger partial charge on any atom is -0.490 e. The number of ether oxygens (including phenoxy) is 2. The second kappa shape index (κ2) is 11.2. The van der Waals surface area contributed by atoms with E-state index in [0.717, 1.165) is 28.9 Å². The van der Waals surface area contributed by atoms with Crippen molar-refractivity contribution in [1.82, 2.24) is 15.0 Å². The summed E-state index contributed by atoms with van der Waals surface area (Å²) in [5, 5.41) is 17.4. The maximum Gasteiger partial charge on any atom is 0.247 e. The van der Waals surface area contributed by atoms with Crippen LogP contribution in [0.4, 0.5) is 15.5 Å². The maximum absolute atomic E-state index is 15.8. The summed E-state index contributed by atoms with van der Waals surface area (Å²) in [4.78, 5) is 14.8. The quantitative estimate of drug-likeness (QED) is 0.292. The van der Waals surface area contributed by atoms with E-state index in [1.165, 1.54) is 0 Å². The molecule has 208 valence electrons. The van der Waals surface area contributed by atoms with Crippen molar-refractivity contribution in [3.63, 3.8) is 0 Å². The van der Waals surface area contributed by atoms with E-state index >= 15 is 4.11 Å². The zero-order chi connectivity index (χ0) is 27.7. The van der Waals surface area contributed by atoms with Crippen molar-refractivity contribution in [3.05, 3.63) is 65.5 Å². The molecule has 2 aliphatic heterocycles. The van der Waals surface area contributed by atoms with Gasteiger partial charge in [0.25, 0.3) is 0 Å². The number of rotatable bonds is 9. The first-order valence-electron chi connectivity index (χ1n) is 13.6. The average molecular weight is 553 g/mol. The van der Waals surface area contributed by atoms with E-state index in [1.807, 2.05) is 36.4 Å². The lowest BCUT2D eigenvalue weighted by atomic mass is 9.86. The Balaban J connectivity index is 1.43. The molecule has 0 spiro atoms. The Hall–Kier alpha value is -3.08. The van der Waals surface area contributed by atoms with Crippen molar-refractivity contribution in [2.24, 2.45) is 5.92 Å². The number of carbonyl (C=O) groups excluding carboxylic acids is 1. The van der Waals surface area contributed by atoms with Crippen molar-refractivity contribution in [2.45, 2.75) is 70.0 Å². The molecular weight excluding hydrogens is 515 g/mol. The van der Waals surface area contributed by atoms with E-state index in [-0.39, 0.29) is 36.2 Å². The topological polar surface area (TPSA) is 89.7 Å². The summed E-state index contributed by atoms with van der Waals surface area (Å²) in [6, 6.07) is 13.8. The monoisotopic (exact) mass is 552 g/mol. The van der Waals surface area contributed by atoms with Gasteiger partial charge in [0.1, 0.15) is 11.9 Å². The van der Waals surface area contributed by atoms with Crippen LogP contribution in [0.5, 0.6) is 5.75 Å². The number of halogens is 1. The zero-order valence-electron chi connectivity index (χ0n) is 23.0. The molecule has 0 bridgehead atoms. The van der Waals surface area contributed by atoms with Crippen LogP contribution in [0.1, 0.15) is 42.7 Å². The number of para-hydroxylation sites is 1. The van der Waals surface area contributed by atoms with Gasteiger partial charge in [0.2, 0.25) is 14.3 Å². The van der Waals surface area contributed by atoms with E-state index in [2.05, 4.69) is 23.3 Å². The highest BCUT2D eigenvalue weighted by molar-refractivity contribution is 6.72. The highest BCUT2D eigenvalue weighted by Crippen LogP contribution is 2.49. The molecule has 1 N–H and O–H groups in total. The number of amides is 1. The molecular formula is C29H37FN4O4Si. The second-order valence-electron chi connectivity index (χ2n) is 11.1. The number of anilines is 2. The number of methoxy groups -OCH3 is 1. The molecule has 4 atom stereocenters. The molecule has 1 aromatic heterocycles. The van der Waals surface area contributed by atoms with Crippen LogP contribution in [0, 0.1) is 5.92 Å². The predicted octanol–water partition coefficient (Wildman–Crippen LogP) is 5.14. The molecule has 3 aromatic rings. The standard InChI is InChI=1S/C29H37FN4O4Si/c1-19-28(37-2)23-17-22(34-24-8-6-5-7-20(24)9-12-27(34)36)10-11-25(23)38-29(19)26(39(3,4)30)13-15-33-18-21(14-16-35)31-32-33/h5-8,10-11,17-19,26,28-29,35H,9,12-16H2,1-4H3/t19-,26?,28-,29-/m1/s1. The number of aliphatic hydroxyl groups excluding tert-OH is 1. The van der Waals surface area contributed by atoms with Crippen LogP contribution in [0.25, 0.3) is 0 Å². The van der Waals surface area contributed by atoms with E-state index in [1.54, 1.807) is 36.0 Å². The Morgan fingerprint density at radius 3 is 2.77 bits per heavy atom. The Morgan fingerprint density at radius 2 is 2.03 bits per heavy atom. The summed E-state index contributed by atoms with van der Waals surface area (Å²) in [5.41, 5.74) is 4.12. The molecule has 2 aromatic carbocycles. The van der Waals surface area contributed by atoms with Crippen LogP contribution < -0.4 is 9.64 Å². The van der Waals surface area contributed by atoms with Crippen LogP contribution in [-0.2, 0) is 28.9 Å². The van der Waals surface area contributed by atoms with Gasteiger partial charge in [-0.3, -0.25) is 14.4 Å². The molecule has 2 aliphatic rings. The number of carbonyl (C=O) groups is 1. The third-order valence-corrected chi connectivity index (χ3v) is 10.4. The first-order valence-corrected chi connectivity index (χ1v) is 16.6. The normalized spacial score (nSPS) is 21.7. The third kappa shape index (κ3) is 5.50. The number of nitrogens with zero attached hydrogens (tertiary/aromatic N) is 4. The number of aromatic nitrogens is 3. The van der Waals surface area contributed by atoms with Gasteiger partial charge in [-0.15, -0.1) is 5.10 Å². The van der Waals surface area contributed by atoms with E-state index < -0.39 is 8.41 Å². The Kier molecular flexibility index (Phi) is 7.88. The van der Waals surface area contributed by atoms with Crippen LogP contribution in [0.3, 0.4) is 0 Å². The summed E-state index contributed by atoms with van der Waals surface area (Å²) in [5.74, 6) is 0.613. The molecule has 0 aliphatic carbocycles. The maximum atomic E-state index is 15.8. The molecule has 1 amide bonds. The van der Waals surface area contributed by atoms with E-state index in [4.69, 9.17) is 14.6 Å². The minimum atomic E-state index is -3.16. The molecule has 8 nitrogen and oxygen atoms in total. The lowest BCUT2D eigenvalue weighted by Crippen LogP contribution is -2.46. The molecule has 5 rings (SSSR count). The molecule has 0 saturated carbocycles. The van der Waals surface area contributed by atoms with Crippen LogP contribution in [-0.4, -0.2) is 54.2 Å². The Morgan fingerprint density at radius 1 is 1.23 bits per heavy atom. The Labute approximate surface area is 229 Å². The fraction of sp³-hybridized carbons (Fsp3) is 0.483. The molecule has 39 heavy (non-hydrogen) atoms. The van der Waals surface area contributed by atoms with Gasteiger partial charge < -0.3 is 18.7 Å². The third-order valence-electron chi connectivity index (χ3n) is 8.06. The summed E-state index contributed by atoms with van der Waals surface area (Å²) >= 11 is 0. The van der Waals surface area contributed by atoms with Gasteiger partial charge >= 0.3 is 0 Å². The van der Waals surface area contributed by atoms with E-state index in [9.17, 15) is 4.79 Å². The van der Waals surface area contributed by atoms with Crippen molar-refractivity contribution in [2.75, 3.05) is 18.6 Å².